The maximum Gasteiger partial charge on any atom is 0.416 e. The van der Waals surface area contributed by atoms with E-state index < -0.39 is 35.0 Å². The van der Waals surface area contributed by atoms with Crippen molar-refractivity contribution in [1.82, 2.24) is 5.43 Å². The van der Waals surface area contributed by atoms with Crippen LogP contribution in [0.5, 0.6) is 0 Å². The molecule has 21 heavy (non-hydrogen) atoms. The molecule has 3 N–H and O–H groups in total. The Hall–Kier alpha value is -1.99. The molecule has 0 saturated heterocycles. The van der Waals surface area contributed by atoms with Gasteiger partial charge >= 0.3 is 6.18 Å². The van der Waals surface area contributed by atoms with Gasteiger partial charge in [0.2, 0.25) is 0 Å². The first kappa shape index (κ1) is 15.4. The minimum Gasteiger partial charge on any atom is -0.271 e. The largest absolute Gasteiger partial charge is 0.416 e. The maximum atomic E-state index is 13.8. The Bertz CT molecular complexity index is 619. The molecule has 0 amide bonds. The number of benzene rings is 2. The predicted molar refractivity (Wildman–Crippen MR) is 67.0 cm³/mol. The van der Waals surface area contributed by atoms with Crippen molar-refractivity contribution in [1.29, 1.82) is 0 Å². The van der Waals surface area contributed by atoms with Crippen LogP contribution >= 0.6 is 0 Å². The first-order valence-electron chi connectivity index (χ1n) is 5.92. The second kappa shape index (κ2) is 5.79. The molecule has 0 bridgehead atoms. The van der Waals surface area contributed by atoms with Crippen LogP contribution in [-0.4, -0.2) is 0 Å². The normalized spacial score (nSPS) is 13.2. The molecule has 0 spiro atoms. The monoisotopic (exact) mass is 302 g/mol. The predicted octanol–water partition coefficient (Wildman–Crippen LogP) is 3.54. The minimum absolute atomic E-state index is 0.350. The van der Waals surface area contributed by atoms with E-state index in [1.165, 1.54) is 12.1 Å². The van der Waals surface area contributed by atoms with E-state index in [2.05, 4.69) is 0 Å². The zero-order valence-corrected chi connectivity index (χ0v) is 10.6. The van der Waals surface area contributed by atoms with E-state index in [-0.39, 0.29) is 5.56 Å². The Morgan fingerprint density at radius 3 is 2.00 bits per heavy atom. The highest BCUT2D eigenvalue weighted by atomic mass is 19.4. The highest BCUT2D eigenvalue weighted by Crippen LogP contribution is 2.37. The van der Waals surface area contributed by atoms with Gasteiger partial charge in [0.05, 0.1) is 11.6 Å². The first-order valence-corrected chi connectivity index (χ1v) is 5.92. The van der Waals surface area contributed by atoms with Gasteiger partial charge in [0.25, 0.3) is 0 Å². The highest BCUT2D eigenvalue weighted by molar-refractivity contribution is 5.39. The topological polar surface area (TPSA) is 38.0 Å². The zero-order valence-electron chi connectivity index (χ0n) is 10.6. The van der Waals surface area contributed by atoms with Gasteiger partial charge in [0.1, 0.15) is 11.6 Å². The Morgan fingerprint density at radius 1 is 0.905 bits per heavy atom. The summed E-state index contributed by atoms with van der Waals surface area (Å²) in [6, 6.07) is 6.07. The lowest BCUT2D eigenvalue weighted by molar-refractivity contribution is -0.138. The third-order valence-electron chi connectivity index (χ3n) is 3.03. The Kier molecular flexibility index (Phi) is 4.24. The van der Waals surface area contributed by atoms with Crippen molar-refractivity contribution < 1.29 is 22.0 Å². The molecule has 7 heteroatoms. The van der Waals surface area contributed by atoms with Gasteiger partial charge in [-0.25, -0.2) is 14.2 Å². The van der Waals surface area contributed by atoms with Crippen LogP contribution in [0.25, 0.3) is 0 Å². The number of nitrogens with one attached hydrogen (secondary N) is 1. The average Bonchev–Trinajstić information content (AvgIpc) is 2.42. The minimum atomic E-state index is -4.66. The lowest BCUT2D eigenvalue weighted by Crippen LogP contribution is -2.32. The van der Waals surface area contributed by atoms with Gasteiger partial charge in [-0.15, -0.1) is 0 Å². The van der Waals surface area contributed by atoms with Crippen molar-refractivity contribution in [3.63, 3.8) is 0 Å². The van der Waals surface area contributed by atoms with Crippen molar-refractivity contribution >= 4 is 0 Å². The van der Waals surface area contributed by atoms with Crippen LogP contribution in [0.15, 0.2) is 42.5 Å². The van der Waals surface area contributed by atoms with Gasteiger partial charge in [-0.2, -0.15) is 13.2 Å². The van der Waals surface area contributed by atoms with E-state index in [1.807, 2.05) is 5.43 Å². The number of nitrogens with two attached hydrogens (primary N) is 1. The summed E-state index contributed by atoms with van der Waals surface area (Å²) in [7, 11) is 0. The lowest BCUT2D eigenvalue weighted by atomic mass is 9.94. The summed E-state index contributed by atoms with van der Waals surface area (Å²) in [5, 5.41) is 0. The molecule has 1 atom stereocenters. The Morgan fingerprint density at radius 2 is 1.48 bits per heavy atom. The fraction of sp³-hybridized carbons (Fsp3) is 0.143. The second-order valence-corrected chi connectivity index (χ2v) is 4.32. The van der Waals surface area contributed by atoms with Crippen molar-refractivity contribution in [3.05, 3.63) is 70.8 Å². The smallest absolute Gasteiger partial charge is 0.271 e. The van der Waals surface area contributed by atoms with Gasteiger partial charge in [-0.3, -0.25) is 5.84 Å². The fourth-order valence-corrected chi connectivity index (χ4v) is 2.12. The third kappa shape index (κ3) is 3.03. The molecule has 0 aliphatic heterocycles. The summed E-state index contributed by atoms with van der Waals surface area (Å²) in [5.74, 6) is 3.28. The SMILES string of the molecule is NNC(c1ccccc1C(F)(F)F)c1c(F)cccc1F. The standard InChI is InChI=1S/C14H11F5N2/c15-10-6-3-7-11(16)12(10)13(21-20)8-4-1-2-5-9(8)14(17,18)19/h1-7,13,21H,20H2. The third-order valence-corrected chi connectivity index (χ3v) is 3.03. The molecule has 0 heterocycles. The van der Waals surface area contributed by atoms with Crippen LogP contribution in [0.1, 0.15) is 22.7 Å². The molecule has 0 radical (unpaired) electrons. The highest BCUT2D eigenvalue weighted by Gasteiger charge is 2.36. The van der Waals surface area contributed by atoms with Crippen LogP contribution < -0.4 is 11.3 Å². The number of halogens is 5. The molecular weight excluding hydrogens is 291 g/mol. The number of alkyl halides is 3. The van der Waals surface area contributed by atoms with Crippen LogP contribution in [0, 0.1) is 11.6 Å². The summed E-state index contributed by atoms with van der Waals surface area (Å²) in [4.78, 5) is 0. The molecule has 2 aromatic carbocycles. The van der Waals surface area contributed by atoms with Crippen molar-refractivity contribution in [3.8, 4) is 0 Å². The maximum absolute atomic E-state index is 13.8. The lowest BCUT2D eigenvalue weighted by Gasteiger charge is -2.22. The molecule has 2 nitrogen and oxygen atoms in total. The molecule has 1 unspecified atom stereocenters. The molecular formula is C14H11F5N2. The number of hydrogen-bond donors (Lipinski definition) is 2. The fourth-order valence-electron chi connectivity index (χ4n) is 2.12. The van der Waals surface area contributed by atoms with Gasteiger partial charge in [-0.05, 0) is 23.8 Å². The molecule has 0 aromatic heterocycles. The second-order valence-electron chi connectivity index (χ2n) is 4.32. The summed E-state index contributed by atoms with van der Waals surface area (Å²) in [6.07, 6.45) is -4.66. The zero-order chi connectivity index (χ0) is 15.6. The van der Waals surface area contributed by atoms with E-state index in [0.717, 1.165) is 30.3 Å². The summed E-state index contributed by atoms with van der Waals surface area (Å²) < 4.78 is 66.6. The van der Waals surface area contributed by atoms with Crippen molar-refractivity contribution in [2.24, 2.45) is 5.84 Å². The Balaban J connectivity index is 2.63. The Labute approximate surface area is 117 Å². The van der Waals surface area contributed by atoms with Crippen LogP contribution in [0.2, 0.25) is 0 Å². The molecule has 0 aliphatic rings. The van der Waals surface area contributed by atoms with Gasteiger partial charge < -0.3 is 0 Å². The van der Waals surface area contributed by atoms with Gasteiger partial charge in [0.15, 0.2) is 0 Å². The number of hydrazine groups is 1. The number of hydrogen-bond acceptors (Lipinski definition) is 2. The number of rotatable bonds is 3. The van der Waals surface area contributed by atoms with E-state index >= 15 is 0 Å². The molecule has 2 rings (SSSR count). The summed E-state index contributed by atoms with van der Waals surface area (Å²) >= 11 is 0. The van der Waals surface area contributed by atoms with Crippen LogP contribution in [-0.2, 0) is 6.18 Å². The van der Waals surface area contributed by atoms with Crippen molar-refractivity contribution in [2.45, 2.75) is 12.2 Å². The van der Waals surface area contributed by atoms with E-state index in [0.29, 0.717) is 0 Å². The van der Waals surface area contributed by atoms with Crippen LogP contribution in [0.4, 0.5) is 22.0 Å². The van der Waals surface area contributed by atoms with E-state index in [4.69, 9.17) is 5.84 Å². The molecule has 0 aliphatic carbocycles. The molecule has 2 aromatic rings. The van der Waals surface area contributed by atoms with Crippen LogP contribution in [0.3, 0.4) is 0 Å². The average molecular weight is 302 g/mol. The molecule has 112 valence electrons. The summed E-state index contributed by atoms with van der Waals surface area (Å²) in [5.41, 5.74) is 0.136. The van der Waals surface area contributed by atoms with Gasteiger partial charge in [0, 0.05) is 5.56 Å². The van der Waals surface area contributed by atoms with E-state index in [1.54, 1.807) is 0 Å². The molecule has 0 fully saturated rings. The van der Waals surface area contributed by atoms with Crippen molar-refractivity contribution in [2.75, 3.05) is 0 Å². The molecule has 0 saturated carbocycles. The van der Waals surface area contributed by atoms with Gasteiger partial charge in [-0.1, -0.05) is 24.3 Å². The van der Waals surface area contributed by atoms with E-state index in [9.17, 15) is 22.0 Å². The summed E-state index contributed by atoms with van der Waals surface area (Å²) in [6.45, 7) is 0. The quantitative estimate of drug-likeness (QED) is 0.517. The first-order chi connectivity index (χ1) is 9.86.